The van der Waals surface area contributed by atoms with Crippen LogP contribution in [0, 0.1) is 26.7 Å². The molecule has 2 rings (SSSR count). The fourth-order valence-corrected chi connectivity index (χ4v) is 3.39. The first kappa shape index (κ1) is 21.3. The average molecular weight is 412 g/mol. The summed E-state index contributed by atoms with van der Waals surface area (Å²) in [5.41, 5.74) is 2.96. The first-order valence-corrected chi connectivity index (χ1v) is 9.32. The molecule has 0 unspecified atom stereocenters. The summed E-state index contributed by atoms with van der Waals surface area (Å²) in [6, 6.07) is 3.65. The SMILES string of the molecule is Cc1cc(C)c(NC(=O)COC(=O)c2c(C)nn(CC(C)C)c2Cl)c(Cl)c1. The van der Waals surface area contributed by atoms with Crippen LogP contribution < -0.4 is 5.32 Å². The van der Waals surface area contributed by atoms with Gasteiger partial charge in [0.1, 0.15) is 10.7 Å². The third-order valence-electron chi connectivity index (χ3n) is 3.84. The van der Waals surface area contributed by atoms with E-state index in [-0.39, 0.29) is 10.7 Å². The number of carbonyl (C=O) groups is 2. The van der Waals surface area contributed by atoms with Gasteiger partial charge in [0.25, 0.3) is 5.91 Å². The summed E-state index contributed by atoms with van der Waals surface area (Å²) in [5.74, 6) is -0.853. The monoisotopic (exact) mass is 411 g/mol. The number of benzene rings is 1. The molecule has 1 aromatic carbocycles. The predicted octanol–water partition coefficient (Wildman–Crippen LogP) is 4.57. The third-order valence-corrected chi connectivity index (χ3v) is 4.52. The highest BCUT2D eigenvalue weighted by Crippen LogP contribution is 2.27. The van der Waals surface area contributed by atoms with Gasteiger partial charge in [-0.25, -0.2) is 4.79 Å². The van der Waals surface area contributed by atoms with Gasteiger partial charge in [0.15, 0.2) is 6.61 Å². The van der Waals surface area contributed by atoms with Crippen LogP contribution in [0.25, 0.3) is 0 Å². The molecule has 0 aliphatic rings. The molecule has 0 bridgehead atoms. The maximum Gasteiger partial charge on any atom is 0.343 e. The van der Waals surface area contributed by atoms with Crippen LogP contribution in [0.5, 0.6) is 0 Å². The molecule has 1 N–H and O–H groups in total. The van der Waals surface area contributed by atoms with Gasteiger partial charge in [0.05, 0.1) is 16.4 Å². The maximum atomic E-state index is 12.4. The van der Waals surface area contributed by atoms with E-state index < -0.39 is 18.5 Å². The highest BCUT2D eigenvalue weighted by Gasteiger charge is 2.23. The molecule has 1 amide bonds. The van der Waals surface area contributed by atoms with Crippen molar-refractivity contribution in [2.75, 3.05) is 11.9 Å². The van der Waals surface area contributed by atoms with E-state index in [4.69, 9.17) is 27.9 Å². The van der Waals surface area contributed by atoms with Gasteiger partial charge in [0.2, 0.25) is 0 Å². The van der Waals surface area contributed by atoms with Crippen LogP contribution in [0.2, 0.25) is 10.2 Å². The van der Waals surface area contributed by atoms with Crippen molar-refractivity contribution < 1.29 is 14.3 Å². The first-order valence-electron chi connectivity index (χ1n) is 8.56. The van der Waals surface area contributed by atoms with Crippen molar-refractivity contribution in [3.63, 3.8) is 0 Å². The number of nitrogens with zero attached hydrogens (tertiary/aromatic N) is 2. The second-order valence-electron chi connectivity index (χ2n) is 6.89. The number of halogens is 2. The van der Waals surface area contributed by atoms with Crippen LogP contribution in [-0.4, -0.2) is 28.3 Å². The van der Waals surface area contributed by atoms with E-state index in [0.717, 1.165) is 11.1 Å². The van der Waals surface area contributed by atoms with Gasteiger partial charge in [-0.1, -0.05) is 43.1 Å². The Morgan fingerprint density at radius 3 is 2.48 bits per heavy atom. The molecule has 27 heavy (non-hydrogen) atoms. The number of anilines is 1. The molecule has 1 heterocycles. The van der Waals surface area contributed by atoms with Crippen LogP contribution in [0.3, 0.4) is 0 Å². The quantitative estimate of drug-likeness (QED) is 0.706. The fourth-order valence-electron chi connectivity index (χ4n) is 2.70. The number of amides is 1. The summed E-state index contributed by atoms with van der Waals surface area (Å²) >= 11 is 12.4. The summed E-state index contributed by atoms with van der Waals surface area (Å²) < 4.78 is 6.68. The number of hydrogen-bond donors (Lipinski definition) is 1. The molecule has 2 aromatic rings. The Kier molecular flexibility index (Phi) is 6.89. The van der Waals surface area contributed by atoms with Crippen molar-refractivity contribution in [1.29, 1.82) is 0 Å². The minimum atomic E-state index is -0.686. The number of ether oxygens (including phenoxy) is 1. The van der Waals surface area contributed by atoms with Crippen molar-refractivity contribution >= 4 is 40.8 Å². The molecule has 0 aliphatic heterocycles. The van der Waals surface area contributed by atoms with E-state index in [1.54, 1.807) is 17.7 Å². The van der Waals surface area contributed by atoms with E-state index >= 15 is 0 Å². The van der Waals surface area contributed by atoms with Gasteiger partial charge in [-0.05, 0) is 43.9 Å². The van der Waals surface area contributed by atoms with Crippen LogP contribution in [0.1, 0.15) is 41.0 Å². The number of rotatable bonds is 6. The molecule has 146 valence electrons. The topological polar surface area (TPSA) is 73.2 Å². The molecule has 6 nitrogen and oxygen atoms in total. The molecule has 8 heteroatoms. The Hall–Kier alpha value is -2.05. The van der Waals surface area contributed by atoms with Crippen LogP contribution in [0.4, 0.5) is 5.69 Å². The molecule has 0 saturated carbocycles. The van der Waals surface area contributed by atoms with E-state index in [9.17, 15) is 9.59 Å². The van der Waals surface area contributed by atoms with Gasteiger partial charge in [-0.2, -0.15) is 5.10 Å². The van der Waals surface area contributed by atoms with Crippen molar-refractivity contribution in [2.24, 2.45) is 5.92 Å². The summed E-state index contributed by atoms with van der Waals surface area (Å²) in [5, 5.41) is 7.58. The Bertz CT molecular complexity index is 852. The molecular formula is C19H23Cl2N3O3. The number of nitrogens with one attached hydrogen (secondary N) is 1. The largest absolute Gasteiger partial charge is 0.452 e. The molecule has 0 fully saturated rings. The number of carbonyl (C=O) groups excluding carboxylic acids is 2. The third kappa shape index (κ3) is 5.23. The standard InChI is InChI=1S/C19H23Cl2N3O3/c1-10(2)8-24-18(21)16(13(5)23-24)19(26)27-9-15(25)22-17-12(4)6-11(3)7-14(17)20/h6-7,10H,8-9H2,1-5H3,(H,22,25). The predicted molar refractivity (Wildman–Crippen MR) is 107 cm³/mol. The normalized spacial score (nSPS) is 11.0. The Morgan fingerprint density at radius 1 is 1.22 bits per heavy atom. The van der Waals surface area contributed by atoms with E-state index in [1.807, 2.05) is 33.8 Å². The molecule has 0 spiro atoms. The van der Waals surface area contributed by atoms with Gasteiger partial charge < -0.3 is 10.1 Å². The lowest BCUT2D eigenvalue weighted by atomic mass is 10.1. The van der Waals surface area contributed by atoms with Crippen LogP contribution in [-0.2, 0) is 16.1 Å². The lowest BCUT2D eigenvalue weighted by Crippen LogP contribution is -2.22. The minimum Gasteiger partial charge on any atom is -0.452 e. The Morgan fingerprint density at radius 2 is 1.89 bits per heavy atom. The minimum absolute atomic E-state index is 0.176. The van der Waals surface area contributed by atoms with E-state index in [1.165, 1.54) is 0 Å². The van der Waals surface area contributed by atoms with E-state index in [2.05, 4.69) is 10.4 Å². The van der Waals surface area contributed by atoms with Crippen molar-refractivity contribution in [2.45, 2.75) is 41.2 Å². The van der Waals surface area contributed by atoms with Crippen LogP contribution in [0.15, 0.2) is 12.1 Å². The maximum absolute atomic E-state index is 12.4. The zero-order valence-electron chi connectivity index (χ0n) is 16.0. The van der Waals surface area contributed by atoms with Crippen molar-refractivity contribution in [3.05, 3.63) is 44.7 Å². The first-order chi connectivity index (χ1) is 12.6. The summed E-state index contributed by atoms with van der Waals surface area (Å²) in [6.07, 6.45) is 0. The summed E-state index contributed by atoms with van der Waals surface area (Å²) in [7, 11) is 0. The van der Waals surface area contributed by atoms with Crippen molar-refractivity contribution in [1.82, 2.24) is 9.78 Å². The lowest BCUT2D eigenvalue weighted by Gasteiger charge is -2.12. The molecule has 0 atom stereocenters. The number of aromatic nitrogens is 2. The molecular weight excluding hydrogens is 389 g/mol. The zero-order valence-corrected chi connectivity index (χ0v) is 17.5. The Labute approximate surface area is 168 Å². The van der Waals surface area contributed by atoms with E-state index in [0.29, 0.717) is 28.9 Å². The fraction of sp³-hybridized carbons (Fsp3) is 0.421. The zero-order chi connectivity index (χ0) is 20.3. The summed E-state index contributed by atoms with van der Waals surface area (Å²) in [6.45, 7) is 9.60. The van der Waals surface area contributed by atoms with Gasteiger partial charge >= 0.3 is 5.97 Å². The highest BCUT2D eigenvalue weighted by molar-refractivity contribution is 6.34. The molecule has 0 saturated heterocycles. The second kappa shape index (κ2) is 8.76. The molecule has 1 aromatic heterocycles. The Balaban J connectivity index is 2.04. The molecule has 0 aliphatic carbocycles. The lowest BCUT2D eigenvalue weighted by molar-refractivity contribution is -0.119. The highest BCUT2D eigenvalue weighted by atomic mass is 35.5. The molecule has 0 radical (unpaired) electrons. The number of aryl methyl sites for hydroxylation is 3. The number of esters is 1. The van der Waals surface area contributed by atoms with Gasteiger partial charge in [-0.15, -0.1) is 0 Å². The number of hydrogen-bond acceptors (Lipinski definition) is 4. The smallest absolute Gasteiger partial charge is 0.343 e. The van der Waals surface area contributed by atoms with Crippen LogP contribution >= 0.6 is 23.2 Å². The van der Waals surface area contributed by atoms with Gasteiger partial charge in [-0.3, -0.25) is 9.48 Å². The average Bonchev–Trinajstić information content (AvgIpc) is 2.82. The van der Waals surface area contributed by atoms with Crippen molar-refractivity contribution in [3.8, 4) is 0 Å². The second-order valence-corrected chi connectivity index (χ2v) is 7.66. The summed E-state index contributed by atoms with van der Waals surface area (Å²) in [4.78, 5) is 24.5. The van der Waals surface area contributed by atoms with Gasteiger partial charge in [0, 0.05) is 6.54 Å².